The van der Waals surface area contributed by atoms with Crippen LogP contribution in [0.25, 0.3) is 0 Å². The number of nitrogens with one attached hydrogen (secondary N) is 1. The van der Waals surface area contributed by atoms with E-state index in [1.54, 1.807) is 0 Å². The van der Waals surface area contributed by atoms with Crippen molar-refractivity contribution in [1.29, 1.82) is 0 Å². The van der Waals surface area contributed by atoms with Gasteiger partial charge in [-0.15, -0.1) is 0 Å². The fraction of sp³-hybridized carbons (Fsp3) is 0.860. The highest BCUT2D eigenvalue weighted by Gasteiger charge is 2.11. The van der Waals surface area contributed by atoms with Crippen LogP contribution in [0.4, 0.5) is 0 Å². The Labute approximate surface area is 328 Å². The van der Waals surface area contributed by atoms with Crippen LogP contribution >= 0.6 is 12.2 Å². The average Bonchev–Trinajstić information content (AvgIpc) is 2.96. The summed E-state index contributed by atoms with van der Waals surface area (Å²) in [4.78, 5) is 55.3. The zero-order valence-corrected chi connectivity index (χ0v) is 39.2. The first-order chi connectivity index (χ1) is 23.3. The smallest absolute Gasteiger partial charge is 0.308 e. The summed E-state index contributed by atoms with van der Waals surface area (Å²) < 4.78 is 9.75. The standard InChI is InChI=1S/C8H16O.C7H15NO.2C7H14O2.C7H14O.C7H14S/c1-6(2)5-8(9)7(3)4;1-5(2)7(9)8-6(3)4;2*1-5(2)7(8)9-6(3)4;2*1-5(2)7(8)6(3)4/h6-7H,5H2,1-4H3;5-6H,1-4H3,(H,8,9);2*5-6H,1-4H3;2*5-6H,1-4H3. The number of ketones is 2. The van der Waals surface area contributed by atoms with Crippen molar-refractivity contribution >= 4 is 46.5 Å². The summed E-state index contributed by atoms with van der Waals surface area (Å²) in [6.07, 6.45) is 0.761. The van der Waals surface area contributed by atoms with Gasteiger partial charge in [-0.1, -0.05) is 137 Å². The summed E-state index contributed by atoms with van der Waals surface area (Å²) in [5.41, 5.74) is 0. The molecule has 0 aliphatic carbocycles. The molecule has 0 unspecified atom stereocenters. The second-order valence-corrected chi connectivity index (χ2v) is 17.2. The van der Waals surface area contributed by atoms with Crippen molar-refractivity contribution < 1.29 is 33.4 Å². The molecule has 0 atom stereocenters. The lowest BCUT2D eigenvalue weighted by molar-refractivity contribution is -0.152. The Balaban J connectivity index is -0.000000122. The molecule has 0 aromatic heterocycles. The van der Waals surface area contributed by atoms with Gasteiger partial charge in [-0.25, -0.2) is 0 Å². The van der Waals surface area contributed by atoms with Crippen LogP contribution < -0.4 is 5.32 Å². The van der Waals surface area contributed by atoms with E-state index in [4.69, 9.17) is 21.7 Å². The van der Waals surface area contributed by atoms with Gasteiger partial charge in [-0.05, 0) is 64.2 Å². The Morgan fingerprint density at radius 2 is 0.750 bits per heavy atom. The van der Waals surface area contributed by atoms with Gasteiger partial charge in [-0.3, -0.25) is 24.0 Å². The highest BCUT2D eigenvalue weighted by atomic mass is 32.1. The van der Waals surface area contributed by atoms with Crippen molar-refractivity contribution in [3.8, 4) is 0 Å². The third-order valence-electron chi connectivity index (χ3n) is 6.13. The zero-order chi connectivity index (χ0) is 43.2. The molecule has 312 valence electrons. The van der Waals surface area contributed by atoms with E-state index in [0.29, 0.717) is 29.3 Å². The molecule has 0 aromatic carbocycles. The van der Waals surface area contributed by atoms with Crippen molar-refractivity contribution in [3.05, 3.63) is 0 Å². The highest BCUT2D eigenvalue weighted by molar-refractivity contribution is 7.80. The summed E-state index contributed by atoms with van der Waals surface area (Å²) >= 11 is 5.10. The van der Waals surface area contributed by atoms with Gasteiger partial charge in [0.15, 0.2) is 0 Å². The lowest BCUT2D eigenvalue weighted by Crippen LogP contribution is -2.33. The molecule has 0 aliphatic heterocycles. The molecule has 0 aromatic rings. The number of thiocarbonyl (C=S) groups is 1. The number of Topliss-reactive ketones (excluding diaryl/α,β-unsaturated/α-hetero) is 2. The molecule has 0 bridgehead atoms. The number of hydrogen-bond acceptors (Lipinski definition) is 8. The Morgan fingerprint density at radius 1 is 0.442 bits per heavy atom. The molecule has 1 amide bonds. The molecular weight excluding hydrogens is 675 g/mol. The van der Waals surface area contributed by atoms with Crippen LogP contribution in [0.2, 0.25) is 0 Å². The zero-order valence-electron chi connectivity index (χ0n) is 38.4. The Kier molecular flexibility index (Phi) is 42.6. The van der Waals surface area contributed by atoms with E-state index in [1.807, 2.05) is 125 Å². The fourth-order valence-corrected chi connectivity index (χ4v) is 3.16. The van der Waals surface area contributed by atoms with E-state index in [0.717, 1.165) is 6.42 Å². The number of ether oxygens (including phenoxy) is 2. The van der Waals surface area contributed by atoms with E-state index >= 15 is 0 Å². The minimum atomic E-state index is -0.120. The van der Waals surface area contributed by atoms with Gasteiger partial charge in [0.2, 0.25) is 5.91 Å². The summed E-state index contributed by atoms with van der Waals surface area (Å²) in [5.74, 6) is 2.99. The van der Waals surface area contributed by atoms with Gasteiger partial charge in [0, 0.05) is 36.1 Å². The fourth-order valence-electron chi connectivity index (χ4n) is 3.16. The quantitative estimate of drug-likeness (QED) is 0.146. The topological polar surface area (TPSA) is 116 Å². The summed E-state index contributed by atoms with van der Waals surface area (Å²) in [5, 5.41) is 2.80. The molecule has 0 saturated carbocycles. The molecule has 52 heavy (non-hydrogen) atoms. The van der Waals surface area contributed by atoms with E-state index in [9.17, 15) is 24.0 Å². The average molecular weight is 762 g/mol. The number of esters is 2. The van der Waals surface area contributed by atoms with E-state index in [2.05, 4.69) is 46.9 Å². The van der Waals surface area contributed by atoms with Crippen LogP contribution in [0.1, 0.15) is 173 Å². The number of amides is 1. The third-order valence-corrected chi connectivity index (χ3v) is 7.07. The molecule has 8 nitrogen and oxygen atoms in total. The molecule has 0 heterocycles. The predicted octanol–water partition coefficient (Wildman–Crippen LogP) is 11.1. The third kappa shape index (κ3) is 50.0. The van der Waals surface area contributed by atoms with Gasteiger partial charge >= 0.3 is 11.9 Å². The SMILES string of the molecule is CC(C)C(=O)C(C)C.CC(C)C(=S)C(C)C.CC(C)CC(=O)C(C)C.CC(C)NC(=O)C(C)C.CC(C)OC(=O)C(C)C.CC(C)OC(=O)C(C)C. The lowest BCUT2D eigenvalue weighted by Gasteiger charge is -2.09. The highest BCUT2D eigenvalue weighted by Crippen LogP contribution is 2.07. The number of rotatable bonds is 13. The number of carbonyl (C=O) groups is 5. The van der Waals surface area contributed by atoms with Crippen molar-refractivity contribution in [2.24, 2.45) is 53.3 Å². The number of carbonyl (C=O) groups excluding carboxylic acids is 5. The van der Waals surface area contributed by atoms with Crippen molar-refractivity contribution in [2.75, 3.05) is 0 Å². The van der Waals surface area contributed by atoms with Gasteiger partial charge in [0.05, 0.1) is 24.0 Å². The van der Waals surface area contributed by atoms with E-state index < -0.39 is 0 Å². The minimum Gasteiger partial charge on any atom is -0.463 e. The largest absolute Gasteiger partial charge is 0.463 e. The van der Waals surface area contributed by atoms with Crippen molar-refractivity contribution in [3.63, 3.8) is 0 Å². The Hall–Kier alpha value is -2.16. The van der Waals surface area contributed by atoms with Crippen molar-refractivity contribution in [1.82, 2.24) is 5.32 Å². The second kappa shape index (κ2) is 35.8. The van der Waals surface area contributed by atoms with Crippen LogP contribution in [-0.2, 0) is 33.4 Å². The van der Waals surface area contributed by atoms with Gasteiger partial charge in [0.1, 0.15) is 11.6 Å². The molecule has 0 saturated heterocycles. The number of hydrogen-bond donors (Lipinski definition) is 1. The monoisotopic (exact) mass is 762 g/mol. The normalized spacial score (nSPS) is 10.6. The van der Waals surface area contributed by atoms with Gasteiger partial charge in [0.25, 0.3) is 0 Å². The molecular formula is C43H87NO7S. The van der Waals surface area contributed by atoms with Crippen LogP contribution in [0.15, 0.2) is 0 Å². The maximum Gasteiger partial charge on any atom is 0.308 e. The van der Waals surface area contributed by atoms with Crippen LogP contribution in [-0.4, -0.2) is 52.5 Å². The minimum absolute atomic E-state index is 0.00704. The summed E-state index contributed by atoms with van der Waals surface area (Å²) in [7, 11) is 0. The van der Waals surface area contributed by atoms with Gasteiger partial charge in [-0.2, -0.15) is 0 Å². The van der Waals surface area contributed by atoms with Crippen molar-refractivity contribution in [2.45, 2.75) is 191 Å². The van der Waals surface area contributed by atoms with Crippen LogP contribution in [0.5, 0.6) is 0 Å². The molecule has 0 fully saturated rings. The van der Waals surface area contributed by atoms with E-state index in [-0.39, 0.29) is 71.6 Å². The Bertz CT molecular complexity index is 797. The Morgan fingerprint density at radius 3 is 0.808 bits per heavy atom. The first-order valence-corrected chi connectivity index (χ1v) is 20.0. The van der Waals surface area contributed by atoms with E-state index in [1.165, 1.54) is 4.86 Å². The van der Waals surface area contributed by atoms with Gasteiger partial charge < -0.3 is 14.8 Å². The summed E-state index contributed by atoms with van der Waals surface area (Å²) in [6.45, 7) is 46.7. The predicted molar refractivity (Wildman–Crippen MR) is 227 cm³/mol. The lowest BCUT2D eigenvalue weighted by atomic mass is 9.99. The maximum atomic E-state index is 11.0. The molecule has 0 spiro atoms. The van der Waals surface area contributed by atoms with Crippen LogP contribution in [0, 0.1) is 53.3 Å². The summed E-state index contributed by atoms with van der Waals surface area (Å²) in [6, 6.07) is 0.264. The molecule has 0 radical (unpaired) electrons. The molecule has 9 heteroatoms. The molecule has 1 N–H and O–H groups in total. The maximum absolute atomic E-state index is 11.0. The first-order valence-electron chi connectivity index (χ1n) is 19.6. The van der Waals surface area contributed by atoms with Crippen LogP contribution in [0.3, 0.4) is 0 Å². The molecule has 0 rings (SSSR count). The molecule has 0 aliphatic rings. The second-order valence-electron chi connectivity index (χ2n) is 16.7. The first kappa shape index (κ1) is 61.9.